The zero-order chi connectivity index (χ0) is 13.2. The van der Waals surface area contributed by atoms with Crippen molar-refractivity contribution in [1.82, 2.24) is 9.88 Å². The van der Waals surface area contributed by atoms with Crippen LogP contribution in [0.5, 0.6) is 0 Å². The number of nitrogens with one attached hydrogen (secondary N) is 1. The molecule has 0 saturated carbocycles. The highest BCUT2D eigenvalue weighted by atomic mass is 32.2. The lowest BCUT2D eigenvalue weighted by Crippen LogP contribution is -2.23. The molecule has 0 saturated heterocycles. The number of rotatable bonds is 4. The maximum atomic E-state index is 12.0. The van der Waals surface area contributed by atoms with Gasteiger partial charge in [0.1, 0.15) is 5.76 Å². The summed E-state index contributed by atoms with van der Waals surface area (Å²) in [6.45, 7) is 3.78. The molecular formula is C12H14N2O3S. The fourth-order valence-electron chi connectivity index (χ4n) is 1.47. The first kappa shape index (κ1) is 12.8. The molecule has 0 aliphatic heterocycles. The fourth-order valence-corrected chi connectivity index (χ4v) is 2.47. The first-order valence-electron chi connectivity index (χ1n) is 5.46. The van der Waals surface area contributed by atoms with Crippen LogP contribution < -0.4 is 4.72 Å². The van der Waals surface area contributed by atoms with Gasteiger partial charge in [0.15, 0.2) is 0 Å². The highest BCUT2D eigenvalue weighted by Gasteiger charge is 2.14. The zero-order valence-electron chi connectivity index (χ0n) is 10.2. The van der Waals surface area contributed by atoms with E-state index in [2.05, 4.69) is 9.88 Å². The van der Waals surface area contributed by atoms with E-state index in [0.717, 1.165) is 5.56 Å². The zero-order valence-corrected chi connectivity index (χ0v) is 11.0. The largest absolute Gasteiger partial charge is 0.361 e. The van der Waals surface area contributed by atoms with Crippen molar-refractivity contribution in [1.29, 1.82) is 0 Å². The molecule has 1 heterocycles. The predicted molar refractivity (Wildman–Crippen MR) is 66.4 cm³/mol. The van der Waals surface area contributed by atoms with Crippen molar-refractivity contribution in [2.24, 2.45) is 0 Å². The Balaban J connectivity index is 2.10. The van der Waals surface area contributed by atoms with Gasteiger partial charge in [0.25, 0.3) is 0 Å². The molecule has 18 heavy (non-hydrogen) atoms. The Hall–Kier alpha value is -1.66. The monoisotopic (exact) mass is 266 g/mol. The van der Waals surface area contributed by atoms with Crippen molar-refractivity contribution in [3.63, 3.8) is 0 Å². The molecule has 6 heteroatoms. The molecule has 5 nitrogen and oxygen atoms in total. The summed E-state index contributed by atoms with van der Waals surface area (Å²) in [6.07, 6.45) is 0. The minimum atomic E-state index is -3.50. The van der Waals surface area contributed by atoms with Gasteiger partial charge in [0.05, 0.1) is 17.1 Å². The van der Waals surface area contributed by atoms with Crippen LogP contribution in [0.2, 0.25) is 0 Å². The van der Waals surface area contributed by atoms with Gasteiger partial charge in [-0.3, -0.25) is 0 Å². The van der Waals surface area contributed by atoms with Crippen LogP contribution >= 0.6 is 0 Å². The van der Waals surface area contributed by atoms with Crippen molar-refractivity contribution < 1.29 is 12.9 Å². The van der Waals surface area contributed by atoms with Gasteiger partial charge in [-0.2, -0.15) is 0 Å². The Labute approximate surface area is 106 Å². The second kappa shape index (κ2) is 4.91. The normalized spacial score (nSPS) is 11.7. The van der Waals surface area contributed by atoms with E-state index in [4.69, 9.17) is 4.52 Å². The van der Waals surface area contributed by atoms with Gasteiger partial charge in [-0.05, 0) is 26.0 Å². The summed E-state index contributed by atoms with van der Waals surface area (Å²) in [7, 11) is -3.50. The Bertz CT molecular complexity index is 630. The second-order valence-electron chi connectivity index (χ2n) is 4.07. The maximum Gasteiger partial charge on any atom is 0.240 e. The topological polar surface area (TPSA) is 72.2 Å². The molecule has 2 rings (SSSR count). The fraction of sp³-hybridized carbons (Fsp3) is 0.250. The van der Waals surface area contributed by atoms with Crippen LogP contribution in [0.25, 0.3) is 0 Å². The van der Waals surface area contributed by atoms with Gasteiger partial charge in [-0.1, -0.05) is 22.9 Å². The SMILES string of the molecule is Cc1ccc(S(=O)(=O)NCc2cc(C)on2)cc1. The van der Waals surface area contributed by atoms with Crippen LogP contribution in [0.15, 0.2) is 39.8 Å². The number of sulfonamides is 1. The number of aromatic nitrogens is 1. The number of nitrogens with zero attached hydrogens (tertiary/aromatic N) is 1. The van der Waals surface area contributed by atoms with E-state index in [1.54, 1.807) is 37.3 Å². The molecular weight excluding hydrogens is 252 g/mol. The lowest BCUT2D eigenvalue weighted by Gasteiger charge is -2.05. The van der Waals surface area contributed by atoms with Crippen molar-refractivity contribution in [2.45, 2.75) is 25.3 Å². The smallest absolute Gasteiger partial charge is 0.240 e. The number of hydrogen-bond donors (Lipinski definition) is 1. The lowest BCUT2D eigenvalue weighted by molar-refractivity contribution is 0.390. The molecule has 0 aliphatic carbocycles. The molecule has 0 fully saturated rings. The van der Waals surface area contributed by atoms with Gasteiger partial charge in [-0.25, -0.2) is 13.1 Å². The van der Waals surface area contributed by atoms with Gasteiger partial charge in [0.2, 0.25) is 10.0 Å². The summed E-state index contributed by atoms with van der Waals surface area (Å²) in [5.74, 6) is 0.652. The summed E-state index contributed by atoms with van der Waals surface area (Å²) < 4.78 is 31.2. The third-order valence-corrected chi connectivity index (χ3v) is 3.87. The Morgan fingerprint density at radius 1 is 1.22 bits per heavy atom. The quantitative estimate of drug-likeness (QED) is 0.915. The number of aryl methyl sites for hydroxylation is 2. The molecule has 1 aromatic carbocycles. The summed E-state index contributed by atoms with van der Waals surface area (Å²) in [5.41, 5.74) is 1.57. The van der Waals surface area contributed by atoms with Crippen molar-refractivity contribution in [3.8, 4) is 0 Å². The van der Waals surface area contributed by atoms with Crippen LogP contribution in [-0.2, 0) is 16.6 Å². The predicted octanol–water partition coefficient (Wildman–Crippen LogP) is 1.77. The minimum Gasteiger partial charge on any atom is -0.361 e. The number of benzene rings is 1. The molecule has 1 N–H and O–H groups in total. The molecule has 0 aliphatic rings. The Morgan fingerprint density at radius 3 is 2.44 bits per heavy atom. The van der Waals surface area contributed by atoms with E-state index in [-0.39, 0.29) is 11.4 Å². The molecule has 96 valence electrons. The molecule has 0 bridgehead atoms. The van der Waals surface area contributed by atoms with Crippen LogP contribution in [0.4, 0.5) is 0 Å². The summed E-state index contributed by atoms with van der Waals surface area (Å²) in [6, 6.07) is 8.36. The standard InChI is InChI=1S/C12H14N2O3S/c1-9-3-5-12(6-4-9)18(15,16)13-8-11-7-10(2)17-14-11/h3-7,13H,8H2,1-2H3. The van der Waals surface area contributed by atoms with Crippen molar-refractivity contribution >= 4 is 10.0 Å². The summed E-state index contributed by atoms with van der Waals surface area (Å²) in [4.78, 5) is 0.244. The summed E-state index contributed by atoms with van der Waals surface area (Å²) >= 11 is 0. The Kier molecular flexibility index (Phi) is 3.49. The molecule has 0 atom stereocenters. The van der Waals surface area contributed by atoms with Gasteiger partial charge >= 0.3 is 0 Å². The average molecular weight is 266 g/mol. The molecule has 0 amide bonds. The first-order chi connectivity index (χ1) is 8.47. The van der Waals surface area contributed by atoms with Crippen LogP contribution in [0.3, 0.4) is 0 Å². The van der Waals surface area contributed by atoms with E-state index in [9.17, 15) is 8.42 Å². The maximum absolute atomic E-state index is 12.0. The van der Waals surface area contributed by atoms with Crippen molar-refractivity contribution in [3.05, 3.63) is 47.3 Å². The lowest BCUT2D eigenvalue weighted by atomic mass is 10.2. The van der Waals surface area contributed by atoms with Crippen LogP contribution in [-0.4, -0.2) is 13.6 Å². The highest BCUT2D eigenvalue weighted by molar-refractivity contribution is 7.89. The first-order valence-corrected chi connectivity index (χ1v) is 6.94. The molecule has 0 spiro atoms. The van der Waals surface area contributed by atoms with E-state index >= 15 is 0 Å². The average Bonchev–Trinajstić information content (AvgIpc) is 2.73. The second-order valence-corrected chi connectivity index (χ2v) is 5.83. The third kappa shape index (κ3) is 2.96. The van der Waals surface area contributed by atoms with Crippen LogP contribution in [0, 0.1) is 13.8 Å². The molecule has 2 aromatic rings. The molecule has 0 radical (unpaired) electrons. The van der Waals surface area contributed by atoms with Crippen LogP contribution in [0.1, 0.15) is 17.0 Å². The molecule has 1 aromatic heterocycles. The van der Waals surface area contributed by atoms with Gasteiger partial charge in [-0.15, -0.1) is 0 Å². The van der Waals surface area contributed by atoms with E-state index in [1.807, 2.05) is 6.92 Å². The van der Waals surface area contributed by atoms with Crippen molar-refractivity contribution in [2.75, 3.05) is 0 Å². The molecule has 0 unspecified atom stereocenters. The van der Waals surface area contributed by atoms with E-state index in [0.29, 0.717) is 11.5 Å². The van der Waals surface area contributed by atoms with Gasteiger partial charge in [0, 0.05) is 6.07 Å². The van der Waals surface area contributed by atoms with E-state index in [1.165, 1.54) is 0 Å². The highest BCUT2D eigenvalue weighted by Crippen LogP contribution is 2.10. The minimum absolute atomic E-state index is 0.119. The Morgan fingerprint density at radius 2 is 1.89 bits per heavy atom. The third-order valence-electron chi connectivity index (χ3n) is 2.45. The van der Waals surface area contributed by atoms with Gasteiger partial charge < -0.3 is 4.52 Å². The van der Waals surface area contributed by atoms with E-state index < -0.39 is 10.0 Å². The number of hydrogen-bond acceptors (Lipinski definition) is 4. The summed E-state index contributed by atoms with van der Waals surface area (Å²) in [5, 5.41) is 3.72.